The number of rotatable bonds is 2. The second kappa shape index (κ2) is 5.03. The van der Waals surface area contributed by atoms with Gasteiger partial charge < -0.3 is 10.0 Å². The van der Waals surface area contributed by atoms with Gasteiger partial charge in [0.15, 0.2) is 0 Å². The predicted octanol–water partition coefficient (Wildman–Crippen LogP) is 1.71. The Bertz CT molecular complexity index is 646. The van der Waals surface area contributed by atoms with Gasteiger partial charge in [-0.2, -0.15) is 0 Å². The minimum absolute atomic E-state index is 0.0799. The summed E-state index contributed by atoms with van der Waals surface area (Å²) >= 11 is 0. The molecular formula is C14H16N4O2. The average Bonchev–Trinajstić information content (AvgIpc) is 2.46. The van der Waals surface area contributed by atoms with Gasteiger partial charge in [0.05, 0.1) is 5.52 Å². The lowest BCUT2D eigenvalue weighted by Gasteiger charge is -2.36. The minimum atomic E-state index is -0.825. The summed E-state index contributed by atoms with van der Waals surface area (Å²) in [5.41, 5.74) is 1.45. The van der Waals surface area contributed by atoms with Gasteiger partial charge in [0.2, 0.25) is 5.95 Å². The number of anilines is 1. The van der Waals surface area contributed by atoms with Gasteiger partial charge in [-0.05, 0) is 30.9 Å². The molecule has 0 aliphatic carbocycles. The number of hydrogen-bond donors (Lipinski definition) is 1. The van der Waals surface area contributed by atoms with Crippen molar-refractivity contribution in [1.82, 2.24) is 15.2 Å². The van der Waals surface area contributed by atoms with Crippen molar-refractivity contribution in [3.63, 3.8) is 0 Å². The molecule has 0 saturated carbocycles. The van der Waals surface area contributed by atoms with Crippen LogP contribution < -0.4 is 4.90 Å². The second-order valence-corrected chi connectivity index (χ2v) is 5.20. The molecular weight excluding hydrogens is 256 g/mol. The van der Waals surface area contributed by atoms with E-state index in [1.54, 1.807) is 4.90 Å². The van der Waals surface area contributed by atoms with Gasteiger partial charge in [0, 0.05) is 6.54 Å². The Morgan fingerprint density at radius 1 is 1.30 bits per heavy atom. The van der Waals surface area contributed by atoms with E-state index in [2.05, 4.69) is 15.2 Å². The van der Waals surface area contributed by atoms with Crippen LogP contribution >= 0.6 is 0 Å². The fourth-order valence-corrected chi connectivity index (χ4v) is 2.78. The number of carboxylic acid groups (broad SMARTS) is 1. The van der Waals surface area contributed by atoms with Crippen molar-refractivity contribution in [2.75, 3.05) is 11.4 Å². The van der Waals surface area contributed by atoms with Crippen molar-refractivity contribution in [1.29, 1.82) is 0 Å². The van der Waals surface area contributed by atoms with Crippen LogP contribution in [0, 0.1) is 5.92 Å². The van der Waals surface area contributed by atoms with Gasteiger partial charge in [-0.3, -0.25) is 0 Å². The van der Waals surface area contributed by atoms with Crippen LogP contribution in [-0.4, -0.2) is 38.8 Å². The summed E-state index contributed by atoms with van der Waals surface area (Å²) in [5, 5.41) is 17.7. The summed E-state index contributed by atoms with van der Waals surface area (Å²) in [6.45, 7) is 2.61. The van der Waals surface area contributed by atoms with Gasteiger partial charge in [-0.25, -0.2) is 9.78 Å². The molecule has 6 nitrogen and oxygen atoms in total. The molecule has 1 N–H and O–H groups in total. The molecule has 0 bridgehead atoms. The van der Waals surface area contributed by atoms with E-state index in [1.165, 1.54) is 0 Å². The van der Waals surface area contributed by atoms with Gasteiger partial charge in [-0.15, -0.1) is 10.2 Å². The van der Waals surface area contributed by atoms with E-state index in [4.69, 9.17) is 0 Å². The highest BCUT2D eigenvalue weighted by molar-refractivity contribution is 5.79. The first-order chi connectivity index (χ1) is 9.66. The van der Waals surface area contributed by atoms with Crippen LogP contribution in [0.15, 0.2) is 24.3 Å². The molecule has 0 amide bonds. The quantitative estimate of drug-likeness (QED) is 0.896. The molecule has 1 saturated heterocycles. The number of hydrogen-bond acceptors (Lipinski definition) is 5. The average molecular weight is 272 g/mol. The number of piperidine rings is 1. The first-order valence-corrected chi connectivity index (χ1v) is 6.76. The summed E-state index contributed by atoms with van der Waals surface area (Å²) in [4.78, 5) is 17.7. The Morgan fingerprint density at radius 2 is 2.05 bits per heavy atom. The molecule has 6 heteroatoms. The number of aliphatic carboxylic acids is 1. The molecule has 0 spiro atoms. The fraction of sp³-hybridized carbons (Fsp3) is 0.429. The van der Waals surface area contributed by atoms with E-state index < -0.39 is 12.0 Å². The Balaban J connectivity index is 2.01. The zero-order chi connectivity index (χ0) is 14.1. The molecule has 0 radical (unpaired) electrons. The molecule has 20 heavy (non-hydrogen) atoms. The van der Waals surface area contributed by atoms with Crippen molar-refractivity contribution >= 4 is 23.0 Å². The lowest BCUT2D eigenvalue weighted by molar-refractivity contribution is -0.140. The third-order valence-electron chi connectivity index (χ3n) is 3.79. The number of fused-ring (bicyclic) bond motifs is 1. The monoisotopic (exact) mass is 272 g/mol. The highest BCUT2D eigenvalue weighted by Gasteiger charge is 2.35. The molecule has 1 aromatic heterocycles. The molecule has 2 atom stereocenters. The summed E-state index contributed by atoms with van der Waals surface area (Å²) in [6, 6.07) is 6.88. The van der Waals surface area contributed by atoms with Crippen molar-refractivity contribution < 1.29 is 9.90 Å². The van der Waals surface area contributed by atoms with Crippen molar-refractivity contribution in [3.8, 4) is 0 Å². The Kier molecular flexibility index (Phi) is 3.22. The maximum atomic E-state index is 11.5. The van der Waals surface area contributed by atoms with Gasteiger partial charge >= 0.3 is 5.97 Å². The largest absolute Gasteiger partial charge is 0.480 e. The SMILES string of the molecule is CC1CCCN(c2nnc3ccccc3n2)C1C(=O)O. The third kappa shape index (κ3) is 2.17. The van der Waals surface area contributed by atoms with Crippen molar-refractivity contribution in [3.05, 3.63) is 24.3 Å². The molecule has 2 heterocycles. The zero-order valence-corrected chi connectivity index (χ0v) is 11.2. The van der Waals surface area contributed by atoms with Crippen LogP contribution in [0.2, 0.25) is 0 Å². The first-order valence-electron chi connectivity index (χ1n) is 6.76. The number of aromatic nitrogens is 3. The number of benzene rings is 1. The fourth-order valence-electron chi connectivity index (χ4n) is 2.78. The third-order valence-corrected chi connectivity index (χ3v) is 3.79. The zero-order valence-electron chi connectivity index (χ0n) is 11.2. The first kappa shape index (κ1) is 12.8. The molecule has 3 rings (SSSR count). The van der Waals surface area contributed by atoms with E-state index in [9.17, 15) is 9.90 Å². The molecule has 1 aromatic carbocycles. The lowest BCUT2D eigenvalue weighted by atomic mass is 9.91. The van der Waals surface area contributed by atoms with E-state index in [1.807, 2.05) is 31.2 Å². The van der Waals surface area contributed by atoms with Gasteiger partial charge in [0.25, 0.3) is 0 Å². The molecule has 2 aromatic rings. The van der Waals surface area contributed by atoms with Crippen molar-refractivity contribution in [2.24, 2.45) is 5.92 Å². The number of carbonyl (C=O) groups is 1. The summed E-state index contributed by atoms with van der Waals surface area (Å²) in [6.07, 6.45) is 1.86. The molecule has 1 aliphatic rings. The number of para-hydroxylation sites is 1. The molecule has 2 unspecified atom stereocenters. The Labute approximate surface area is 116 Å². The van der Waals surface area contributed by atoms with Crippen LogP contribution in [0.1, 0.15) is 19.8 Å². The topological polar surface area (TPSA) is 79.2 Å². The van der Waals surface area contributed by atoms with Crippen LogP contribution in [0.5, 0.6) is 0 Å². The smallest absolute Gasteiger partial charge is 0.326 e. The normalized spacial score (nSPS) is 22.9. The minimum Gasteiger partial charge on any atom is -0.480 e. The van der Waals surface area contributed by atoms with Gasteiger partial charge in [-0.1, -0.05) is 19.1 Å². The van der Waals surface area contributed by atoms with Crippen molar-refractivity contribution in [2.45, 2.75) is 25.8 Å². The summed E-state index contributed by atoms with van der Waals surface area (Å²) in [5.74, 6) is -0.340. The van der Waals surface area contributed by atoms with E-state index in [-0.39, 0.29) is 5.92 Å². The Hall–Kier alpha value is -2.24. The van der Waals surface area contributed by atoms with E-state index in [0.717, 1.165) is 18.4 Å². The molecule has 104 valence electrons. The van der Waals surface area contributed by atoms with Crippen LogP contribution in [-0.2, 0) is 4.79 Å². The Morgan fingerprint density at radius 3 is 2.80 bits per heavy atom. The van der Waals surface area contributed by atoms with E-state index >= 15 is 0 Å². The highest BCUT2D eigenvalue weighted by atomic mass is 16.4. The predicted molar refractivity (Wildman–Crippen MR) is 74.5 cm³/mol. The molecule has 1 aliphatic heterocycles. The summed E-state index contributed by atoms with van der Waals surface area (Å²) in [7, 11) is 0. The van der Waals surface area contributed by atoms with E-state index in [0.29, 0.717) is 18.0 Å². The number of carboxylic acids is 1. The van der Waals surface area contributed by atoms with Gasteiger partial charge in [0.1, 0.15) is 11.6 Å². The summed E-state index contributed by atoms with van der Waals surface area (Å²) < 4.78 is 0. The van der Waals surface area contributed by atoms with Crippen LogP contribution in [0.4, 0.5) is 5.95 Å². The highest BCUT2D eigenvalue weighted by Crippen LogP contribution is 2.27. The molecule has 1 fully saturated rings. The maximum Gasteiger partial charge on any atom is 0.326 e. The number of nitrogens with zero attached hydrogens (tertiary/aromatic N) is 4. The standard InChI is InChI=1S/C14H16N4O2/c1-9-5-4-8-18(12(9)13(19)20)14-15-10-6-2-3-7-11(10)16-17-14/h2-3,6-7,9,12H,4-5,8H2,1H3,(H,19,20). The van der Waals surface area contributed by atoms with Crippen LogP contribution in [0.25, 0.3) is 11.0 Å². The lowest BCUT2D eigenvalue weighted by Crippen LogP contribution is -2.50. The maximum absolute atomic E-state index is 11.5. The van der Waals surface area contributed by atoms with Crippen LogP contribution in [0.3, 0.4) is 0 Å². The second-order valence-electron chi connectivity index (χ2n) is 5.20.